The zero-order valence-corrected chi connectivity index (χ0v) is 25.8. The Bertz CT molecular complexity index is 1740. The van der Waals surface area contributed by atoms with Crippen molar-refractivity contribution in [2.45, 2.75) is 43.5 Å². The molecule has 0 spiro atoms. The first-order chi connectivity index (χ1) is 20.8. The summed E-state index contributed by atoms with van der Waals surface area (Å²) in [6, 6.07) is 24.5. The smallest absolute Gasteiger partial charge is 0.308 e. The zero-order chi connectivity index (χ0) is 30.2. The number of nitrogens with one attached hydrogen (secondary N) is 1. The van der Waals surface area contributed by atoms with Gasteiger partial charge in [-0.15, -0.1) is 0 Å². The lowest BCUT2D eigenvalue weighted by Gasteiger charge is -2.31. The molecule has 3 aromatic carbocycles. The molecule has 4 aromatic rings. The Morgan fingerprint density at radius 3 is 2.30 bits per heavy atom. The molecule has 3 unspecified atom stereocenters. The van der Waals surface area contributed by atoms with E-state index in [0.717, 1.165) is 41.2 Å². The molecule has 3 heterocycles. The molecule has 3 atom stereocenters. The highest BCUT2D eigenvalue weighted by Crippen LogP contribution is 2.54. The minimum Gasteiger partial charge on any atom is -0.372 e. The first-order valence-corrected chi connectivity index (χ1v) is 16.0. The average molecular weight is 613 g/mol. The van der Waals surface area contributed by atoms with Crippen molar-refractivity contribution in [3.63, 3.8) is 0 Å². The van der Waals surface area contributed by atoms with Gasteiger partial charge in [0.1, 0.15) is 11.8 Å². The number of rotatable bonds is 8. The molecule has 220 valence electrons. The van der Waals surface area contributed by atoms with Crippen molar-refractivity contribution >= 4 is 57.9 Å². The Hall–Kier alpha value is -4.15. The van der Waals surface area contributed by atoms with Crippen LogP contribution in [0, 0.1) is 12.8 Å². The number of hydrogen-bond donors (Lipinski definition) is 1. The Morgan fingerprint density at radius 2 is 1.63 bits per heavy atom. The standard InChI is InChI=1S/C33H32N4O4S2/c1-4-35(5-2)23-16-14-21(15-17-23)26-27-28(31(40)37(30(27)39)24-12-7-6-8-13-24)42-32-29(26)43-33(41)36(32)19-25(38)34-22-11-9-10-20(3)18-22/h6-18,26-28H,4-5,19H2,1-3H3,(H,34,38). The molecular formula is C33H32N4O4S2. The van der Waals surface area contributed by atoms with Crippen LogP contribution in [0.15, 0.2) is 88.7 Å². The van der Waals surface area contributed by atoms with E-state index >= 15 is 0 Å². The first-order valence-electron chi connectivity index (χ1n) is 14.3. The fourth-order valence-electron chi connectivity index (χ4n) is 5.99. The molecule has 1 aromatic heterocycles. The van der Waals surface area contributed by atoms with E-state index in [-0.39, 0.29) is 29.1 Å². The van der Waals surface area contributed by atoms with E-state index in [0.29, 0.717) is 21.3 Å². The molecule has 2 aliphatic rings. The number of aromatic nitrogens is 1. The second-order valence-corrected chi connectivity index (χ2v) is 12.8. The van der Waals surface area contributed by atoms with E-state index in [1.165, 1.54) is 21.2 Å². The average Bonchev–Trinajstić information content (AvgIpc) is 3.44. The molecule has 1 fully saturated rings. The summed E-state index contributed by atoms with van der Waals surface area (Å²) in [4.78, 5) is 58.4. The van der Waals surface area contributed by atoms with Crippen molar-refractivity contribution in [2.24, 2.45) is 5.92 Å². The first kappa shape index (κ1) is 28.9. The molecule has 0 saturated carbocycles. The largest absolute Gasteiger partial charge is 0.372 e. The highest BCUT2D eigenvalue weighted by Gasteiger charge is 2.56. The molecule has 8 nitrogen and oxygen atoms in total. The maximum Gasteiger partial charge on any atom is 0.308 e. The van der Waals surface area contributed by atoms with E-state index in [2.05, 4.69) is 24.1 Å². The van der Waals surface area contributed by atoms with Crippen LogP contribution in [0.2, 0.25) is 0 Å². The summed E-state index contributed by atoms with van der Waals surface area (Å²) >= 11 is 2.28. The third-order valence-electron chi connectivity index (χ3n) is 8.05. The van der Waals surface area contributed by atoms with Gasteiger partial charge in [0.05, 0.1) is 16.6 Å². The topological polar surface area (TPSA) is 91.7 Å². The number of aryl methyl sites for hydroxylation is 1. The second kappa shape index (κ2) is 11.9. The molecule has 0 aliphatic carbocycles. The lowest BCUT2D eigenvalue weighted by Crippen LogP contribution is -2.33. The zero-order valence-electron chi connectivity index (χ0n) is 24.2. The van der Waals surface area contributed by atoms with Gasteiger partial charge in [-0.2, -0.15) is 0 Å². The van der Waals surface area contributed by atoms with Crippen molar-refractivity contribution in [3.8, 4) is 0 Å². The lowest BCUT2D eigenvalue weighted by molar-refractivity contribution is -0.122. The van der Waals surface area contributed by atoms with Crippen LogP contribution in [0.25, 0.3) is 0 Å². The number of thioether (sulfide) groups is 1. The highest BCUT2D eigenvalue weighted by atomic mass is 32.2. The van der Waals surface area contributed by atoms with Gasteiger partial charge in [-0.25, -0.2) is 4.90 Å². The number of amides is 3. The number of para-hydroxylation sites is 1. The number of nitrogens with zero attached hydrogens (tertiary/aromatic N) is 3. The molecule has 2 aliphatic heterocycles. The predicted molar refractivity (Wildman–Crippen MR) is 172 cm³/mol. The minimum absolute atomic E-state index is 0.193. The summed E-state index contributed by atoms with van der Waals surface area (Å²) in [5.74, 6) is -2.11. The third kappa shape index (κ3) is 5.29. The van der Waals surface area contributed by atoms with Gasteiger partial charge in [0.15, 0.2) is 0 Å². The van der Waals surface area contributed by atoms with Crippen LogP contribution in [0.3, 0.4) is 0 Å². The predicted octanol–water partition coefficient (Wildman–Crippen LogP) is 5.50. The number of hydrogen-bond acceptors (Lipinski definition) is 7. The van der Waals surface area contributed by atoms with E-state index in [1.807, 2.05) is 55.5 Å². The van der Waals surface area contributed by atoms with E-state index < -0.39 is 17.1 Å². The summed E-state index contributed by atoms with van der Waals surface area (Å²) in [6.07, 6.45) is 0. The lowest BCUT2D eigenvalue weighted by atomic mass is 9.83. The fraction of sp³-hybridized carbons (Fsp3) is 0.273. The number of carbonyl (C=O) groups is 3. The van der Waals surface area contributed by atoms with Gasteiger partial charge in [0, 0.05) is 35.3 Å². The van der Waals surface area contributed by atoms with Crippen LogP contribution in [-0.4, -0.2) is 40.6 Å². The molecule has 3 amide bonds. The van der Waals surface area contributed by atoms with E-state index in [1.54, 1.807) is 30.3 Å². The van der Waals surface area contributed by atoms with Crippen molar-refractivity contribution in [1.82, 2.24) is 4.57 Å². The van der Waals surface area contributed by atoms with Crippen LogP contribution in [0.5, 0.6) is 0 Å². The molecule has 1 N–H and O–H groups in total. The molecule has 6 rings (SSSR count). The minimum atomic E-state index is -0.729. The Balaban J connectivity index is 1.41. The molecule has 43 heavy (non-hydrogen) atoms. The molecular weight excluding hydrogens is 581 g/mol. The number of imide groups is 1. The monoisotopic (exact) mass is 612 g/mol. The van der Waals surface area contributed by atoms with Gasteiger partial charge in [-0.1, -0.05) is 65.6 Å². The van der Waals surface area contributed by atoms with E-state index in [4.69, 9.17) is 0 Å². The Morgan fingerprint density at radius 1 is 0.907 bits per heavy atom. The summed E-state index contributed by atoms with van der Waals surface area (Å²) in [6.45, 7) is 7.67. The molecule has 10 heteroatoms. The Kier molecular flexibility index (Phi) is 7.98. The molecule has 1 saturated heterocycles. The van der Waals surface area contributed by atoms with Crippen LogP contribution < -0.4 is 20.0 Å². The number of fused-ring (bicyclic) bond motifs is 2. The second-order valence-electron chi connectivity index (χ2n) is 10.7. The number of carbonyl (C=O) groups excluding carboxylic acids is 3. The van der Waals surface area contributed by atoms with Gasteiger partial charge in [0.2, 0.25) is 17.7 Å². The third-order valence-corrected chi connectivity index (χ3v) is 10.7. The van der Waals surface area contributed by atoms with Crippen LogP contribution in [0.4, 0.5) is 17.1 Å². The molecule has 0 radical (unpaired) electrons. The number of anilines is 3. The number of benzene rings is 3. The summed E-state index contributed by atoms with van der Waals surface area (Å²) < 4.78 is 1.45. The molecule has 0 bridgehead atoms. The van der Waals surface area contributed by atoms with E-state index in [9.17, 15) is 19.2 Å². The summed E-state index contributed by atoms with van der Waals surface area (Å²) in [5, 5.41) is 2.72. The normalized spacial score (nSPS) is 19.2. The maximum absolute atomic E-state index is 14.1. The van der Waals surface area contributed by atoms with Crippen LogP contribution in [-0.2, 0) is 20.9 Å². The highest BCUT2D eigenvalue weighted by molar-refractivity contribution is 8.00. The number of thiazole rings is 1. The van der Waals surface area contributed by atoms with Gasteiger partial charge >= 0.3 is 4.87 Å². The van der Waals surface area contributed by atoms with Crippen LogP contribution in [0.1, 0.15) is 35.8 Å². The van der Waals surface area contributed by atoms with Crippen molar-refractivity contribution in [2.75, 3.05) is 28.2 Å². The summed E-state index contributed by atoms with van der Waals surface area (Å²) in [7, 11) is 0. The SMILES string of the molecule is CCN(CC)c1ccc(C2c3sc(=O)n(CC(=O)Nc4cccc(C)c4)c3SC3C(=O)N(c4ccccc4)C(=O)C32)cc1. The van der Waals surface area contributed by atoms with Gasteiger partial charge < -0.3 is 10.2 Å². The van der Waals surface area contributed by atoms with Gasteiger partial charge in [0.25, 0.3) is 0 Å². The van der Waals surface area contributed by atoms with Gasteiger partial charge in [-0.3, -0.25) is 23.7 Å². The quantitative estimate of drug-likeness (QED) is 0.264. The summed E-state index contributed by atoms with van der Waals surface area (Å²) in [5.41, 5.74) is 4.11. The fourth-order valence-corrected chi connectivity index (χ4v) is 8.77. The van der Waals surface area contributed by atoms with Crippen molar-refractivity contribution in [3.05, 3.63) is 105 Å². The maximum atomic E-state index is 14.1. The van der Waals surface area contributed by atoms with Crippen LogP contribution >= 0.6 is 23.1 Å². The van der Waals surface area contributed by atoms with Gasteiger partial charge in [-0.05, 0) is 68.3 Å². The van der Waals surface area contributed by atoms with Crippen molar-refractivity contribution < 1.29 is 14.4 Å². The Labute approximate surface area is 258 Å². The van der Waals surface area contributed by atoms with Crippen molar-refractivity contribution in [1.29, 1.82) is 0 Å².